The Kier molecular flexibility index (Phi) is 6.68. The maximum absolute atomic E-state index is 9.81. The molecular formula is C8H15NO2. The molecule has 0 amide bonds. The zero-order valence-corrected chi connectivity index (χ0v) is 6.95. The van der Waals surface area contributed by atoms with Crippen LogP contribution < -0.4 is 0 Å². The van der Waals surface area contributed by atoms with Crippen molar-refractivity contribution in [2.75, 3.05) is 0 Å². The van der Waals surface area contributed by atoms with Crippen LogP contribution in [0.2, 0.25) is 0 Å². The van der Waals surface area contributed by atoms with Crippen molar-refractivity contribution in [3.05, 3.63) is 22.4 Å². The molecule has 0 radical (unpaired) electrons. The highest BCUT2D eigenvalue weighted by molar-refractivity contribution is 4.71. The fourth-order valence-corrected chi connectivity index (χ4v) is 0.850. The zero-order valence-electron chi connectivity index (χ0n) is 6.95. The summed E-state index contributed by atoms with van der Waals surface area (Å²) in [5, 5.41) is 9.81. The van der Waals surface area contributed by atoms with Crippen molar-refractivity contribution in [1.82, 2.24) is 0 Å². The molecule has 0 aromatic carbocycles. The lowest BCUT2D eigenvalue weighted by Crippen LogP contribution is -1.82. The van der Waals surface area contributed by atoms with Gasteiger partial charge in [0.25, 0.3) is 0 Å². The molecule has 3 nitrogen and oxygen atoms in total. The Morgan fingerprint density at radius 3 is 2.64 bits per heavy atom. The van der Waals surface area contributed by atoms with Crippen LogP contribution in [-0.4, -0.2) is 4.92 Å². The third kappa shape index (κ3) is 9.14. The Labute approximate surface area is 67.3 Å². The van der Waals surface area contributed by atoms with E-state index in [-0.39, 0.29) is 0 Å². The minimum Gasteiger partial charge on any atom is -0.259 e. The minimum atomic E-state index is -0.417. The zero-order chi connectivity index (χ0) is 8.53. The van der Waals surface area contributed by atoms with Gasteiger partial charge in [-0.25, -0.2) is 0 Å². The lowest BCUT2D eigenvalue weighted by Gasteiger charge is -1.92. The smallest absolute Gasteiger partial charge is 0.230 e. The normalized spacial score (nSPS) is 10.6. The van der Waals surface area contributed by atoms with Crippen LogP contribution in [0.15, 0.2) is 12.3 Å². The van der Waals surface area contributed by atoms with E-state index in [0.717, 1.165) is 19.0 Å². The number of nitro groups is 1. The van der Waals surface area contributed by atoms with Gasteiger partial charge in [-0.05, 0) is 18.9 Å². The molecule has 0 aliphatic rings. The predicted molar refractivity (Wildman–Crippen MR) is 44.9 cm³/mol. The van der Waals surface area contributed by atoms with E-state index in [1.54, 1.807) is 6.08 Å². The van der Waals surface area contributed by atoms with E-state index >= 15 is 0 Å². The first-order chi connectivity index (χ1) is 5.27. The van der Waals surface area contributed by atoms with Gasteiger partial charge in [0.15, 0.2) is 0 Å². The minimum absolute atomic E-state index is 0.417. The second kappa shape index (κ2) is 7.25. The van der Waals surface area contributed by atoms with Gasteiger partial charge >= 0.3 is 0 Å². The summed E-state index contributed by atoms with van der Waals surface area (Å²) in [6.45, 7) is 2.15. The topological polar surface area (TPSA) is 43.1 Å². The van der Waals surface area contributed by atoms with Crippen LogP contribution in [0, 0.1) is 10.1 Å². The summed E-state index contributed by atoms with van der Waals surface area (Å²) in [7, 11) is 0. The van der Waals surface area contributed by atoms with Crippen LogP contribution in [0.4, 0.5) is 0 Å². The Morgan fingerprint density at radius 1 is 1.36 bits per heavy atom. The molecule has 0 aliphatic carbocycles. The van der Waals surface area contributed by atoms with Gasteiger partial charge in [-0.15, -0.1) is 0 Å². The first kappa shape index (κ1) is 10.1. The molecule has 0 atom stereocenters. The van der Waals surface area contributed by atoms with E-state index in [9.17, 15) is 10.1 Å². The third-order valence-electron chi connectivity index (χ3n) is 1.45. The molecule has 0 aromatic rings. The van der Waals surface area contributed by atoms with Gasteiger partial charge < -0.3 is 0 Å². The molecule has 0 saturated carbocycles. The van der Waals surface area contributed by atoms with Crippen molar-refractivity contribution in [3.8, 4) is 0 Å². The molecule has 0 fully saturated rings. The Hall–Kier alpha value is -0.860. The van der Waals surface area contributed by atoms with E-state index < -0.39 is 4.92 Å². The van der Waals surface area contributed by atoms with E-state index in [4.69, 9.17) is 0 Å². The van der Waals surface area contributed by atoms with Crippen molar-refractivity contribution in [2.24, 2.45) is 0 Å². The maximum atomic E-state index is 9.81. The predicted octanol–water partition coefficient (Wildman–Crippen LogP) is 2.75. The SMILES string of the molecule is CCCCCC/C=C/[N+](=O)[O-]. The lowest BCUT2D eigenvalue weighted by atomic mass is 10.1. The van der Waals surface area contributed by atoms with Gasteiger partial charge in [0.2, 0.25) is 6.20 Å². The molecule has 0 aromatic heterocycles. The molecule has 11 heavy (non-hydrogen) atoms. The van der Waals surface area contributed by atoms with E-state index in [2.05, 4.69) is 6.92 Å². The van der Waals surface area contributed by atoms with Crippen molar-refractivity contribution in [3.63, 3.8) is 0 Å². The molecule has 0 unspecified atom stereocenters. The summed E-state index contributed by atoms with van der Waals surface area (Å²) in [5.41, 5.74) is 0. The van der Waals surface area contributed by atoms with Crippen LogP contribution in [0.5, 0.6) is 0 Å². The van der Waals surface area contributed by atoms with Crippen LogP contribution in [-0.2, 0) is 0 Å². The van der Waals surface area contributed by atoms with Crippen LogP contribution in [0.25, 0.3) is 0 Å². The van der Waals surface area contributed by atoms with E-state index in [1.807, 2.05) is 0 Å². The second-order valence-corrected chi connectivity index (χ2v) is 2.52. The highest BCUT2D eigenvalue weighted by Crippen LogP contribution is 2.02. The maximum Gasteiger partial charge on any atom is 0.230 e. The van der Waals surface area contributed by atoms with Gasteiger partial charge in [-0.1, -0.05) is 26.2 Å². The number of hydrogen-bond donors (Lipinski definition) is 0. The van der Waals surface area contributed by atoms with Crippen LogP contribution >= 0.6 is 0 Å². The second-order valence-electron chi connectivity index (χ2n) is 2.52. The molecule has 0 spiro atoms. The fraction of sp³-hybridized carbons (Fsp3) is 0.750. The summed E-state index contributed by atoms with van der Waals surface area (Å²) >= 11 is 0. The molecule has 3 heteroatoms. The van der Waals surface area contributed by atoms with Gasteiger partial charge in [-0.3, -0.25) is 10.1 Å². The molecule has 0 saturated heterocycles. The van der Waals surface area contributed by atoms with Crippen LogP contribution in [0.1, 0.15) is 39.0 Å². The Morgan fingerprint density at radius 2 is 2.09 bits per heavy atom. The highest BCUT2D eigenvalue weighted by atomic mass is 16.6. The number of allylic oxidation sites excluding steroid dienone is 1. The van der Waals surface area contributed by atoms with Gasteiger partial charge in [0, 0.05) is 0 Å². The first-order valence-electron chi connectivity index (χ1n) is 4.07. The molecule has 64 valence electrons. The van der Waals surface area contributed by atoms with Gasteiger partial charge in [0.05, 0.1) is 4.92 Å². The molecule has 0 N–H and O–H groups in total. The van der Waals surface area contributed by atoms with Crippen molar-refractivity contribution in [2.45, 2.75) is 39.0 Å². The molecule has 0 rings (SSSR count). The molecule has 0 heterocycles. The number of rotatable bonds is 6. The largest absolute Gasteiger partial charge is 0.259 e. The third-order valence-corrected chi connectivity index (χ3v) is 1.45. The molecule has 0 aliphatic heterocycles. The molecular weight excluding hydrogens is 142 g/mol. The quantitative estimate of drug-likeness (QED) is 0.338. The number of nitrogens with zero attached hydrogens (tertiary/aromatic N) is 1. The summed E-state index contributed by atoms with van der Waals surface area (Å²) in [6.07, 6.45) is 8.16. The van der Waals surface area contributed by atoms with Crippen molar-refractivity contribution in [1.29, 1.82) is 0 Å². The van der Waals surface area contributed by atoms with E-state index in [1.165, 1.54) is 19.3 Å². The lowest BCUT2D eigenvalue weighted by molar-refractivity contribution is -0.402. The fourth-order valence-electron chi connectivity index (χ4n) is 0.850. The van der Waals surface area contributed by atoms with Crippen molar-refractivity contribution < 1.29 is 4.92 Å². The number of unbranched alkanes of at least 4 members (excludes halogenated alkanes) is 4. The van der Waals surface area contributed by atoms with Crippen LogP contribution in [0.3, 0.4) is 0 Å². The summed E-state index contributed by atoms with van der Waals surface area (Å²) < 4.78 is 0. The average Bonchev–Trinajstić information content (AvgIpc) is 1.96. The van der Waals surface area contributed by atoms with Gasteiger partial charge in [-0.2, -0.15) is 0 Å². The summed E-state index contributed by atoms with van der Waals surface area (Å²) in [5.74, 6) is 0. The average molecular weight is 157 g/mol. The Balaban J connectivity index is 3.07. The van der Waals surface area contributed by atoms with Gasteiger partial charge in [0.1, 0.15) is 0 Å². The Bertz CT molecular complexity index is 132. The van der Waals surface area contributed by atoms with Crippen molar-refractivity contribution >= 4 is 0 Å². The number of hydrogen-bond acceptors (Lipinski definition) is 2. The summed E-state index contributed by atoms with van der Waals surface area (Å²) in [6, 6.07) is 0. The highest BCUT2D eigenvalue weighted by Gasteiger charge is 1.86. The molecule has 0 bridgehead atoms. The first-order valence-corrected chi connectivity index (χ1v) is 4.07. The summed E-state index contributed by atoms with van der Waals surface area (Å²) in [4.78, 5) is 9.39. The monoisotopic (exact) mass is 157 g/mol. The standard InChI is InChI=1S/C8H15NO2/c1-2-3-4-5-6-7-8-9(10)11/h7-8H,2-6H2,1H3/b8-7+. The van der Waals surface area contributed by atoms with E-state index in [0.29, 0.717) is 0 Å².